The number of benzene rings is 2. The number of hydrogen-bond acceptors (Lipinski definition) is 6. The minimum absolute atomic E-state index is 0.0398. The Morgan fingerprint density at radius 3 is 2.56 bits per heavy atom. The van der Waals surface area contributed by atoms with Crippen molar-refractivity contribution >= 4 is 22.7 Å². The van der Waals surface area contributed by atoms with E-state index >= 15 is 0 Å². The third-order valence-corrected chi connectivity index (χ3v) is 5.29. The highest BCUT2D eigenvalue weighted by molar-refractivity contribution is 7.79. The summed E-state index contributed by atoms with van der Waals surface area (Å²) in [4.78, 5) is 12.5. The summed E-state index contributed by atoms with van der Waals surface area (Å²) in [5, 5.41) is 12.8. The Hall–Kier alpha value is -3.12. The van der Waals surface area contributed by atoms with E-state index in [1.165, 1.54) is 11.6 Å². The van der Waals surface area contributed by atoms with E-state index in [4.69, 9.17) is 10.5 Å². The van der Waals surface area contributed by atoms with Crippen molar-refractivity contribution in [2.24, 2.45) is 12.8 Å². The zero-order valence-electron chi connectivity index (χ0n) is 16.8. The predicted octanol–water partition coefficient (Wildman–Crippen LogP) is 2.23. The molecule has 3 atom stereocenters. The SMILES string of the molecule is Cn1cc(S(=O)[O-])c(OC[C@H](N)[C@@H](O)c2ccccc2)c1C(=O)Nc1ccc(F)c(F)c1. The van der Waals surface area contributed by atoms with Gasteiger partial charge in [-0.25, -0.2) is 8.78 Å². The van der Waals surface area contributed by atoms with E-state index in [1.807, 2.05) is 0 Å². The molecule has 0 spiro atoms. The number of rotatable bonds is 8. The number of halogens is 2. The summed E-state index contributed by atoms with van der Waals surface area (Å²) in [6.45, 7) is -0.310. The Morgan fingerprint density at radius 2 is 1.94 bits per heavy atom. The van der Waals surface area contributed by atoms with Gasteiger partial charge in [-0.15, -0.1) is 0 Å². The molecule has 0 saturated heterocycles. The molecular formula is C21H20F2N3O5S-. The average molecular weight is 464 g/mol. The van der Waals surface area contributed by atoms with E-state index in [2.05, 4.69) is 5.32 Å². The number of aromatic nitrogens is 1. The molecule has 4 N–H and O–H groups in total. The van der Waals surface area contributed by atoms with Crippen molar-refractivity contribution in [1.82, 2.24) is 4.57 Å². The largest absolute Gasteiger partial charge is 0.768 e. The van der Waals surface area contributed by atoms with Gasteiger partial charge >= 0.3 is 0 Å². The van der Waals surface area contributed by atoms with Crippen LogP contribution in [-0.4, -0.2) is 37.0 Å². The zero-order valence-corrected chi connectivity index (χ0v) is 17.6. The topological polar surface area (TPSA) is 130 Å². The van der Waals surface area contributed by atoms with Gasteiger partial charge in [0.05, 0.1) is 17.0 Å². The number of nitrogens with zero attached hydrogens (tertiary/aromatic N) is 1. The molecule has 32 heavy (non-hydrogen) atoms. The average Bonchev–Trinajstić information content (AvgIpc) is 3.11. The van der Waals surface area contributed by atoms with Crippen LogP contribution in [0.3, 0.4) is 0 Å². The van der Waals surface area contributed by atoms with Crippen molar-refractivity contribution in [3.8, 4) is 5.75 Å². The van der Waals surface area contributed by atoms with Gasteiger partial charge in [0.2, 0.25) is 0 Å². The highest BCUT2D eigenvalue weighted by Crippen LogP contribution is 2.30. The number of amides is 1. The lowest BCUT2D eigenvalue weighted by molar-refractivity contribution is 0.100. The first-order valence-corrected chi connectivity index (χ1v) is 10.4. The number of nitrogens with one attached hydrogen (secondary N) is 1. The van der Waals surface area contributed by atoms with E-state index in [1.54, 1.807) is 30.3 Å². The molecule has 0 bridgehead atoms. The van der Waals surface area contributed by atoms with Gasteiger partial charge in [0, 0.05) is 25.0 Å². The number of aryl methyl sites for hydroxylation is 1. The summed E-state index contributed by atoms with van der Waals surface area (Å²) in [7, 11) is 1.42. The molecule has 1 heterocycles. The lowest BCUT2D eigenvalue weighted by Gasteiger charge is -2.20. The molecule has 3 rings (SSSR count). The Labute approximate surface area is 184 Å². The van der Waals surface area contributed by atoms with Crippen molar-refractivity contribution in [3.63, 3.8) is 0 Å². The maximum atomic E-state index is 13.5. The third-order valence-electron chi connectivity index (χ3n) is 4.64. The van der Waals surface area contributed by atoms with E-state index in [0.29, 0.717) is 5.56 Å². The van der Waals surface area contributed by atoms with Gasteiger partial charge in [-0.1, -0.05) is 30.3 Å². The van der Waals surface area contributed by atoms with Crippen LogP contribution in [0, 0.1) is 11.6 Å². The monoisotopic (exact) mass is 464 g/mol. The Morgan fingerprint density at radius 1 is 1.25 bits per heavy atom. The van der Waals surface area contributed by atoms with E-state index in [0.717, 1.165) is 24.4 Å². The number of carbonyl (C=O) groups is 1. The van der Waals surface area contributed by atoms with Crippen molar-refractivity contribution in [1.29, 1.82) is 0 Å². The van der Waals surface area contributed by atoms with Gasteiger partial charge in [-0.05, 0) is 28.8 Å². The molecule has 1 amide bonds. The number of nitrogens with two attached hydrogens (primary N) is 1. The Bertz CT molecular complexity index is 1140. The van der Waals surface area contributed by atoms with Crippen LogP contribution >= 0.6 is 0 Å². The quantitative estimate of drug-likeness (QED) is 0.439. The fourth-order valence-electron chi connectivity index (χ4n) is 3.03. The van der Waals surface area contributed by atoms with Crippen LogP contribution in [0.2, 0.25) is 0 Å². The first-order valence-electron chi connectivity index (χ1n) is 9.35. The molecule has 1 aromatic heterocycles. The van der Waals surface area contributed by atoms with Crippen LogP contribution in [0.1, 0.15) is 22.2 Å². The molecule has 0 radical (unpaired) electrons. The van der Waals surface area contributed by atoms with Crippen LogP contribution in [0.25, 0.3) is 0 Å². The highest BCUT2D eigenvalue weighted by atomic mass is 32.2. The van der Waals surface area contributed by atoms with Crippen LogP contribution in [-0.2, 0) is 18.1 Å². The molecule has 0 aliphatic heterocycles. The second kappa shape index (κ2) is 10.0. The lowest BCUT2D eigenvalue weighted by atomic mass is 10.0. The Kier molecular flexibility index (Phi) is 7.36. The van der Waals surface area contributed by atoms with Crippen molar-refractivity contribution in [3.05, 3.63) is 77.6 Å². The first kappa shape index (κ1) is 23.5. The maximum absolute atomic E-state index is 13.5. The van der Waals surface area contributed by atoms with Gasteiger partial charge in [0.15, 0.2) is 23.1 Å². The summed E-state index contributed by atoms with van der Waals surface area (Å²) >= 11 is -2.75. The molecule has 3 aromatic rings. The Balaban J connectivity index is 1.84. The predicted molar refractivity (Wildman–Crippen MR) is 112 cm³/mol. The number of aliphatic hydroxyl groups is 1. The number of ether oxygens (including phenoxy) is 1. The summed E-state index contributed by atoms with van der Waals surface area (Å²) in [6.07, 6.45) is 0.0677. The molecule has 0 aliphatic rings. The zero-order chi connectivity index (χ0) is 23.4. The van der Waals surface area contributed by atoms with E-state index < -0.39 is 40.8 Å². The minimum Gasteiger partial charge on any atom is -0.768 e. The van der Waals surface area contributed by atoms with Gasteiger partial charge < -0.3 is 30.0 Å². The van der Waals surface area contributed by atoms with Gasteiger partial charge in [-0.2, -0.15) is 0 Å². The van der Waals surface area contributed by atoms with Crippen molar-refractivity contribution in [2.75, 3.05) is 11.9 Å². The second-order valence-electron chi connectivity index (χ2n) is 6.93. The molecule has 170 valence electrons. The first-order chi connectivity index (χ1) is 15.2. The molecule has 8 nitrogen and oxygen atoms in total. The smallest absolute Gasteiger partial charge is 0.276 e. The minimum atomic E-state index is -2.75. The van der Waals surface area contributed by atoms with Gasteiger partial charge in [0.25, 0.3) is 5.91 Å². The summed E-state index contributed by atoms with van der Waals surface area (Å²) in [5.74, 6) is -3.34. The molecule has 1 unspecified atom stereocenters. The maximum Gasteiger partial charge on any atom is 0.276 e. The number of carbonyl (C=O) groups excluding carboxylic acids is 1. The lowest BCUT2D eigenvalue weighted by Crippen LogP contribution is -2.35. The van der Waals surface area contributed by atoms with Crippen LogP contribution in [0.5, 0.6) is 5.75 Å². The second-order valence-corrected chi connectivity index (χ2v) is 7.84. The van der Waals surface area contributed by atoms with Crippen molar-refractivity contribution < 1.29 is 32.2 Å². The number of anilines is 1. The normalized spacial score (nSPS) is 13.9. The molecule has 2 aromatic carbocycles. The fraction of sp³-hybridized carbons (Fsp3) is 0.190. The fourth-order valence-corrected chi connectivity index (χ4v) is 3.58. The molecule has 0 fully saturated rings. The summed E-state index contributed by atoms with van der Waals surface area (Å²) < 4.78 is 56.7. The number of hydrogen-bond donors (Lipinski definition) is 3. The summed E-state index contributed by atoms with van der Waals surface area (Å²) in [6, 6.07) is 10.4. The number of aliphatic hydroxyl groups excluding tert-OH is 1. The van der Waals surface area contributed by atoms with Gasteiger partial charge in [-0.3, -0.25) is 9.00 Å². The van der Waals surface area contributed by atoms with E-state index in [9.17, 15) is 27.4 Å². The molecule has 11 heteroatoms. The van der Waals surface area contributed by atoms with E-state index in [-0.39, 0.29) is 28.6 Å². The molecule has 0 saturated carbocycles. The summed E-state index contributed by atoms with van der Waals surface area (Å²) in [5.41, 5.74) is 6.31. The van der Waals surface area contributed by atoms with Crippen LogP contribution < -0.4 is 15.8 Å². The third kappa shape index (κ3) is 5.19. The molecular weight excluding hydrogens is 444 g/mol. The standard InChI is InChI=1S/C21H21F2N3O5S/c1-26-10-17(32(29)30)20(31-11-16(24)19(27)12-5-3-2-4-6-12)18(26)21(28)25-13-7-8-14(22)15(23)9-13/h2-10,16,19,27H,11,24H2,1H3,(H,25,28)(H,29,30)/p-1/t16-,19-/m0/s1. The van der Waals surface area contributed by atoms with Crippen LogP contribution in [0.4, 0.5) is 14.5 Å². The highest BCUT2D eigenvalue weighted by Gasteiger charge is 2.25. The molecule has 0 aliphatic carbocycles. The van der Waals surface area contributed by atoms with Crippen LogP contribution in [0.15, 0.2) is 59.6 Å². The van der Waals surface area contributed by atoms with Gasteiger partial charge in [0.1, 0.15) is 6.61 Å². The van der Waals surface area contributed by atoms with Crippen molar-refractivity contribution in [2.45, 2.75) is 17.0 Å².